The number of carbonyl (C=O) groups is 2. The first-order chi connectivity index (χ1) is 16.3. The molecular formula is C25H29N5O3S. The Morgan fingerprint density at radius 3 is 2.29 bits per heavy atom. The van der Waals surface area contributed by atoms with Gasteiger partial charge in [-0.15, -0.1) is 10.2 Å². The normalized spacial score (nSPS) is 14.2. The van der Waals surface area contributed by atoms with Crippen molar-refractivity contribution >= 4 is 35.0 Å². The van der Waals surface area contributed by atoms with Crippen LogP contribution in [0.2, 0.25) is 0 Å². The van der Waals surface area contributed by atoms with Gasteiger partial charge in [0.2, 0.25) is 17.7 Å². The van der Waals surface area contributed by atoms with E-state index in [1.165, 1.54) is 11.8 Å². The van der Waals surface area contributed by atoms with Crippen LogP contribution < -0.4 is 10.2 Å². The molecule has 0 radical (unpaired) electrons. The number of amides is 2. The average Bonchev–Trinajstić information content (AvgIpc) is 3.32. The van der Waals surface area contributed by atoms with Crippen LogP contribution in [-0.4, -0.2) is 58.8 Å². The summed E-state index contributed by atoms with van der Waals surface area (Å²) in [5.41, 5.74) is 2.29. The Labute approximate surface area is 203 Å². The van der Waals surface area contributed by atoms with Gasteiger partial charge in [0.25, 0.3) is 5.22 Å². The van der Waals surface area contributed by atoms with E-state index in [2.05, 4.69) is 20.4 Å². The average molecular weight is 480 g/mol. The molecular weight excluding hydrogens is 450 g/mol. The van der Waals surface area contributed by atoms with E-state index in [0.717, 1.165) is 30.0 Å². The van der Waals surface area contributed by atoms with Crippen molar-refractivity contribution in [3.63, 3.8) is 0 Å². The molecule has 8 nitrogen and oxygen atoms in total. The molecule has 0 bridgehead atoms. The fraction of sp³-hybridized carbons (Fsp3) is 0.360. The van der Waals surface area contributed by atoms with Crippen molar-refractivity contribution in [3.05, 3.63) is 54.6 Å². The van der Waals surface area contributed by atoms with Crippen molar-refractivity contribution < 1.29 is 14.0 Å². The number of nitrogens with one attached hydrogen (secondary N) is 1. The molecule has 2 aromatic carbocycles. The third-order valence-corrected chi connectivity index (χ3v) is 6.30. The lowest BCUT2D eigenvalue weighted by Gasteiger charge is -2.38. The van der Waals surface area contributed by atoms with E-state index in [1.807, 2.05) is 80.3 Å². The summed E-state index contributed by atoms with van der Waals surface area (Å²) < 4.78 is 5.62. The van der Waals surface area contributed by atoms with Crippen molar-refractivity contribution in [1.82, 2.24) is 15.1 Å². The zero-order chi connectivity index (χ0) is 24.1. The Kier molecular flexibility index (Phi) is 7.21. The second kappa shape index (κ2) is 10.3. The van der Waals surface area contributed by atoms with E-state index in [0.29, 0.717) is 24.2 Å². The Hall–Kier alpha value is -3.33. The third kappa shape index (κ3) is 5.96. The lowest BCUT2D eigenvalue weighted by atomic mass is 9.94. The molecule has 1 aromatic heterocycles. The summed E-state index contributed by atoms with van der Waals surface area (Å²) in [7, 11) is 0. The summed E-state index contributed by atoms with van der Waals surface area (Å²) in [5.74, 6) is 0.649. The Balaban J connectivity index is 1.24. The quantitative estimate of drug-likeness (QED) is 0.531. The fourth-order valence-electron chi connectivity index (χ4n) is 3.69. The molecule has 0 saturated carbocycles. The highest BCUT2D eigenvalue weighted by Crippen LogP contribution is 2.24. The van der Waals surface area contributed by atoms with Crippen molar-refractivity contribution in [2.75, 3.05) is 42.1 Å². The van der Waals surface area contributed by atoms with Gasteiger partial charge in [0.05, 0.1) is 5.75 Å². The minimum atomic E-state index is -0.353. The first kappa shape index (κ1) is 23.8. The second-order valence-corrected chi connectivity index (χ2v) is 10.1. The lowest BCUT2D eigenvalue weighted by Crippen LogP contribution is -2.51. The highest BCUT2D eigenvalue weighted by atomic mass is 32.2. The topological polar surface area (TPSA) is 91.6 Å². The van der Waals surface area contributed by atoms with Gasteiger partial charge in [-0.2, -0.15) is 0 Å². The van der Waals surface area contributed by atoms with E-state index in [1.54, 1.807) is 0 Å². The summed E-state index contributed by atoms with van der Waals surface area (Å²) >= 11 is 1.20. The Bertz CT molecular complexity index is 1120. The predicted molar refractivity (Wildman–Crippen MR) is 134 cm³/mol. The SMILES string of the molecule is CC(C)(C)C(=O)N1CCN(c2ccc(NC(=O)CSc3nnc(-c4ccccc4)o3)cc2)CC1. The number of hydrogen-bond donors (Lipinski definition) is 1. The van der Waals surface area contributed by atoms with Crippen molar-refractivity contribution in [3.8, 4) is 11.5 Å². The number of anilines is 2. The molecule has 2 heterocycles. The maximum absolute atomic E-state index is 12.5. The van der Waals surface area contributed by atoms with Gasteiger partial charge in [0.1, 0.15) is 0 Å². The predicted octanol–water partition coefficient (Wildman–Crippen LogP) is 4.16. The summed E-state index contributed by atoms with van der Waals surface area (Å²) in [6, 6.07) is 17.3. The molecule has 9 heteroatoms. The standard InChI is InChI=1S/C25H29N5O3S/c1-25(2,3)23(32)30-15-13-29(14-16-30)20-11-9-19(10-12-20)26-21(31)17-34-24-28-27-22(33-24)18-7-5-4-6-8-18/h4-12H,13-17H2,1-3H3,(H,26,31). The van der Waals surface area contributed by atoms with Crippen LogP contribution in [0, 0.1) is 5.41 Å². The molecule has 1 fully saturated rings. The molecule has 1 saturated heterocycles. The maximum Gasteiger partial charge on any atom is 0.277 e. The molecule has 3 aromatic rings. The minimum absolute atomic E-state index is 0.147. The first-order valence-corrected chi connectivity index (χ1v) is 12.2. The first-order valence-electron chi connectivity index (χ1n) is 11.3. The molecule has 0 spiro atoms. The molecule has 178 valence electrons. The van der Waals surface area contributed by atoms with Crippen LogP contribution in [0.5, 0.6) is 0 Å². The highest BCUT2D eigenvalue weighted by molar-refractivity contribution is 7.99. The molecule has 1 aliphatic rings. The molecule has 2 amide bonds. The third-order valence-electron chi connectivity index (χ3n) is 5.48. The van der Waals surface area contributed by atoms with Crippen LogP contribution in [0.4, 0.5) is 11.4 Å². The summed E-state index contributed by atoms with van der Waals surface area (Å²) in [6.45, 7) is 8.88. The van der Waals surface area contributed by atoms with E-state index in [-0.39, 0.29) is 23.0 Å². The van der Waals surface area contributed by atoms with Gasteiger partial charge in [0, 0.05) is 48.5 Å². The summed E-state index contributed by atoms with van der Waals surface area (Å²) in [5, 5.41) is 11.3. The number of benzene rings is 2. The largest absolute Gasteiger partial charge is 0.411 e. The van der Waals surface area contributed by atoms with Gasteiger partial charge >= 0.3 is 0 Å². The molecule has 4 rings (SSSR count). The van der Waals surface area contributed by atoms with Crippen LogP contribution in [0.1, 0.15) is 20.8 Å². The number of carbonyl (C=O) groups excluding carboxylic acids is 2. The fourth-order valence-corrected chi connectivity index (χ4v) is 4.25. The molecule has 0 atom stereocenters. The van der Waals surface area contributed by atoms with Crippen molar-refractivity contribution in [2.45, 2.75) is 26.0 Å². The van der Waals surface area contributed by atoms with Gasteiger partial charge in [-0.05, 0) is 36.4 Å². The monoisotopic (exact) mass is 479 g/mol. The van der Waals surface area contributed by atoms with Crippen LogP contribution in [0.3, 0.4) is 0 Å². The van der Waals surface area contributed by atoms with E-state index < -0.39 is 0 Å². The van der Waals surface area contributed by atoms with Crippen molar-refractivity contribution in [2.24, 2.45) is 5.41 Å². The van der Waals surface area contributed by atoms with Crippen LogP contribution >= 0.6 is 11.8 Å². The molecule has 1 N–H and O–H groups in total. The van der Waals surface area contributed by atoms with Gasteiger partial charge in [-0.25, -0.2) is 0 Å². The zero-order valence-corrected chi connectivity index (χ0v) is 20.5. The summed E-state index contributed by atoms with van der Waals surface area (Å²) in [4.78, 5) is 29.0. The number of piperazine rings is 1. The van der Waals surface area contributed by atoms with Crippen LogP contribution in [-0.2, 0) is 9.59 Å². The number of rotatable bonds is 6. The zero-order valence-electron chi connectivity index (χ0n) is 19.7. The van der Waals surface area contributed by atoms with Gasteiger partial charge in [0.15, 0.2) is 0 Å². The molecule has 0 unspecified atom stereocenters. The number of nitrogens with zero attached hydrogens (tertiary/aromatic N) is 4. The number of hydrogen-bond acceptors (Lipinski definition) is 7. The molecule has 0 aliphatic carbocycles. The van der Waals surface area contributed by atoms with Gasteiger partial charge in [-0.3, -0.25) is 9.59 Å². The summed E-state index contributed by atoms with van der Waals surface area (Å²) in [6.07, 6.45) is 0. The van der Waals surface area contributed by atoms with Gasteiger partial charge < -0.3 is 19.5 Å². The van der Waals surface area contributed by atoms with Crippen LogP contribution in [0.25, 0.3) is 11.5 Å². The van der Waals surface area contributed by atoms with Crippen molar-refractivity contribution in [1.29, 1.82) is 0 Å². The van der Waals surface area contributed by atoms with E-state index in [9.17, 15) is 9.59 Å². The van der Waals surface area contributed by atoms with Gasteiger partial charge in [-0.1, -0.05) is 50.7 Å². The van der Waals surface area contributed by atoms with Crippen LogP contribution in [0.15, 0.2) is 64.2 Å². The Morgan fingerprint density at radius 2 is 1.65 bits per heavy atom. The minimum Gasteiger partial charge on any atom is -0.411 e. The van der Waals surface area contributed by atoms with E-state index >= 15 is 0 Å². The number of aromatic nitrogens is 2. The Morgan fingerprint density at radius 1 is 0.971 bits per heavy atom. The highest BCUT2D eigenvalue weighted by Gasteiger charge is 2.29. The molecule has 1 aliphatic heterocycles. The van der Waals surface area contributed by atoms with E-state index in [4.69, 9.17) is 4.42 Å². The maximum atomic E-state index is 12.5. The second-order valence-electron chi connectivity index (χ2n) is 9.15. The smallest absolute Gasteiger partial charge is 0.277 e. The lowest BCUT2D eigenvalue weighted by molar-refractivity contribution is -0.139. The number of thioether (sulfide) groups is 1. The molecule has 34 heavy (non-hydrogen) atoms.